The predicted octanol–water partition coefficient (Wildman–Crippen LogP) is 3.06. The highest BCUT2D eigenvalue weighted by Gasteiger charge is 2.36. The lowest BCUT2D eigenvalue weighted by molar-refractivity contribution is -0.136. The molecule has 0 saturated carbocycles. The van der Waals surface area contributed by atoms with Crippen LogP contribution in [0.25, 0.3) is 11.0 Å². The molecule has 6 heteroatoms. The van der Waals surface area contributed by atoms with Crippen molar-refractivity contribution in [3.05, 3.63) is 60.2 Å². The van der Waals surface area contributed by atoms with Crippen molar-refractivity contribution in [3.8, 4) is 0 Å². The molecule has 1 aliphatic heterocycles. The van der Waals surface area contributed by atoms with Crippen molar-refractivity contribution in [2.24, 2.45) is 5.41 Å². The molecular formula is C23H28N4O2. The standard InChI is InChI=1S/C23H28N4O2/c28-18-23(13-6-10-19-8-2-1-3-9-19)14-7-15-26(17-23)22(29)16-27-24-20-11-4-5-12-21(20)25-27/h1-5,8-9,11-12,28H,6-7,10,13-18H2. The summed E-state index contributed by atoms with van der Waals surface area (Å²) in [6.45, 7) is 1.60. The minimum atomic E-state index is -0.203. The summed E-state index contributed by atoms with van der Waals surface area (Å²) in [5, 5.41) is 18.9. The summed E-state index contributed by atoms with van der Waals surface area (Å²) in [6, 6.07) is 18.1. The maximum Gasteiger partial charge on any atom is 0.246 e. The molecule has 1 aromatic heterocycles. The van der Waals surface area contributed by atoms with Crippen molar-refractivity contribution in [1.29, 1.82) is 0 Å². The second kappa shape index (κ2) is 8.74. The second-order valence-corrected chi connectivity index (χ2v) is 8.14. The number of hydrogen-bond acceptors (Lipinski definition) is 4. The van der Waals surface area contributed by atoms with E-state index in [1.165, 1.54) is 10.4 Å². The summed E-state index contributed by atoms with van der Waals surface area (Å²) in [7, 11) is 0. The number of nitrogens with zero attached hydrogens (tertiary/aromatic N) is 4. The van der Waals surface area contributed by atoms with E-state index in [4.69, 9.17) is 0 Å². The molecule has 1 N–H and O–H groups in total. The molecule has 0 radical (unpaired) electrons. The van der Waals surface area contributed by atoms with E-state index in [2.05, 4.69) is 34.5 Å². The lowest BCUT2D eigenvalue weighted by Crippen LogP contribution is -2.49. The first-order chi connectivity index (χ1) is 14.2. The predicted molar refractivity (Wildman–Crippen MR) is 112 cm³/mol. The average Bonchev–Trinajstić information content (AvgIpc) is 3.17. The molecule has 1 saturated heterocycles. The Morgan fingerprint density at radius 1 is 1.03 bits per heavy atom. The molecule has 1 atom stereocenters. The normalized spacial score (nSPS) is 19.6. The van der Waals surface area contributed by atoms with Gasteiger partial charge in [0.05, 0.1) is 6.61 Å². The highest BCUT2D eigenvalue weighted by Crippen LogP contribution is 2.35. The van der Waals surface area contributed by atoms with Crippen LogP contribution in [0.1, 0.15) is 31.2 Å². The molecule has 4 rings (SSSR count). The van der Waals surface area contributed by atoms with Gasteiger partial charge < -0.3 is 10.0 Å². The van der Waals surface area contributed by atoms with Crippen LogP contribution in [0.2, 0.25) is 0 Å². The fourth-order valence-electron chi connectivity index (χ4n) is 4.34. The number of aliphatic hydroxyl groups is 1. The van der Waals surface area contributed by atoms with Gasteiger partial charge in [0, 0.05) is 18.5 Å². The quantitative estimate of drug-likeness (QED) is 0.671. The van der Waals surface area contributed by atoms with Crippen molar-refractivity contribution < 1.29 is 9.90 Å². The van der Waals surface area contributed by atoms with Crippen LogP contribution in [-0.2, 0) is 17.8 Å². The van der Waals surface area contributed by atoms with Gasteiger partial charge in [-0.1, -0.05) is 42.5 Å². The molecule has 0 bridgehead atoms. The molecule has 0 spiro atoms. The van der Waals surface area contributed by atoms with Crippen molar-refractivity contribution in [1.82, 2.24) is 19.9 Å². The molecule has 6 nitrogen and oxygen atoms in total. The van der Waals surface area contributed by atoms with Gasteiger partial charge in [0.2, 0.25) is 5.91 Å². The van der Waals surface area contributed by atoms with Crippen LogP contribution in [0, 0.1) is 5.41 Å². The molecule has 1 fully saturated rings. The number of aromatic nitrogens is 3. The largest absolute Gasteiger partial charge is 0.396 e. The molecule has 0 aliphatic carbocycles. The first-order valence-corrected chi connectivity index (χ1v) is 10.4. The van der Waals surface area contributed by atoms with Gasteiger partial charge in [0.25, 0.3) is 0 Å². The van der Waals surface area contributed by atoms with Crippen LogP contribution in [0.5, 0.6) is 0 Å². The summed E-state index contributed by atoms with van der Waals surface area (Å²) in [6.07, 6.45) is 4.82. The van der Waals surface area contributed by atoms with Crippen molar-refractivity contribution in [2.45, 2.75) is 38.6 Å². The van der Waals surface area contributed by atoms with Gasteiger partial charge in [-0.15, -0.1) is 0 Å². The second-order valence-electron chi connectivity index (χ2n) is 8.14. The average molecular weight is 393 g/mol. The third kappa shape index (κ3) is 4.65. The van der Waals surface area contributed by atoms with E-state index < -0.39 is 0 Å². The third-order valence-electron chi connectivity index (χ3n) is 5.97. The number of carbonyl (C=O) groups is 1. The Hall–Kier alpha value is -2.73. The van der Waals surface area contributed by atoms with Crippen LogP contribution < -0.4 is 0 Å². The van der Waals surface area contributed by atoms with Crippen molar-refractivity contribution in [3.63, 3.8) is 0 Å². The maximum atomic E-state index is 12.9. The number of hydrogen-bond donors (Lipinski definition) is 1. The maximum absolute atomic E-state index is 12.9. The monoisotopic (exact) mass is 392 g/mol. The summed E-state index contributed by atoms with van der Waals surface area (Å²) >= 11 is 0. The molecule has 1 unspecified atom stereocenters. The van der Waals surface area contributed by atoms with Crippen molar-refractivity contribution in [2.75, 3.05) is 19.7 Å². The number of aliphatic hydroxyl groups excluding tert-OH is 1. The summed E-state index contributed by atoms with van der Waals surface area (Å²) in [5.41, 5.74) is 2.71. The summed E-state index contributed by atoms with van der Waals surface area (Å²) in [4.78, 5) is 16.3. The Morgan fingerprint density at radius 3 is 2.41 bits per heavy atom. The van der Waals surface area contributed by atoms with Gasteiger partial charge in [0.1, 0.15) is 17.6 Å². The Kier molecular flexibility index (Phi) is 5.90. The zero-order chi connectivity index (χ0) is 20.1. The van der Waals surface area contributed by atoms with E-state index in [1.54, 1.807) is 0 Å². The zero-order valence-electron chi connectivity index (χ0n) is 16.7. The highest BCUT2D eigenvalue weighted by molar-refractivity contribution is 5.77. The van der Waals surface area contributed by atoms with Gasteiger partial charge in [-0.2, -0.15) is 15.0 Å². The smallest absolute Gasteiger partial charge is 0.246 e. The van der Waals surface area contributed by atoms with Crippen LogP contribution >= 0.6 is 0 Å². The van der Waals surface area contributed by atoms with Gasteiger partial charge in [-0.25, -0.2) is 0 Å². The van der Waals surface area contributed by atoms with E-state index in [0.29, 0.717) is 6.54 Å². The van der Waals surface area contributed by atoms with Crippen LogP contribution in [0.3, 0.4) is 0 Å². The number of rotatable bonds is 7. The molecule has 1 amide bonds. The highest BCUT2D eigenvalue weighted by atomic mass is 16.3. The number of fused-ring (bicyclic) bond motifs is 1. The SMILES string of the molecule is O=C(Cn1nc2ccccc2n1)N1CCCC(CO)(CCCc2ccccc2)C1. The fourth-order valence-corrected chi connectivity index (χ4v) is 4.34. The molecule has 3 aromatic rings. The van der Waals surface area contributed by atoms with E-state index >= 15 is 0 Å². The molecule has 2 aromatic carbocycles. The first kappa shape index (κ1) is 19.6. The van der Waals surface area contributed by atoms with Gasteiger partial charge in [0.15, 0.2) is 0 Å². The first-order valence-electron chi connectivity index (χ1n) is 10.4. The van der Waals surface area contributed by atoms with Gasteiger partial charge in [-0.3, -0.25) is 4.79 Å². The topological polar surface area (TPSA) is 71.2 Å². The Balaban J connectivity index is 1.36. The van der Waals surface area contributed by atoms with E-state index in [-0.39, 0.29) is 24.5 Å². The van der Waals surface area contributed by atoms with Crippen molar-refractivity contribution >= 4 is 16.9 Å². The summed E-state index contributed by atoms with van der Waals surface area (Å²) in [5.74, 6) is 0.0193. The Bertz CT molecular complexity index is 923. The number of aryl methyl sites for hydroxylation is 1. The number of benzene rings is 2. The Labute approximate surface area is 171 Å². The lowest BCUT2D eigenvalue weighted by atomic mass is 9.76. The Morgan fingerprint density at radius 2 is 1.72 bits per heavy atom. The minimum Gasteiger partial charge on any atom is -0.396 e. The number of carbonyl (C=O) groups excluding carboxylic acids is 1. The molecule has 2 heterocycles. The molecule has 29 heavy (non-hydrogen) atoms. The van der Waals surface area contributed by atoms with E-state index in [9.17, 15) is 9.90 Å². The van der Waals surface area contributed by atoms with Crippen LogP contribution in [0.4, 0.5) is 0 Å². The van der Waals surface area contributed by atoms with Crippen LogP contribution in [0.15, 0.2) is 54.6 Å². The lowest BCUT2D eigenvalue weighted by Gasteiger charge is -2.42. The summed E-state index contributed by atoms with van der Waals surface area (Å²) < 4.78 is 0. The van der Waals surface area contributed by atoms with E-state index in [1.807, 2.05) is 35.2 Å². The number of piperidine rings is 1. The van der Waals surface area contributed by atoms with Gasteiger partial charge >= 0.3 is 0 Å². The zero-order valence-corrected chi connectivity index (χ0v) is 16.7. The molecular weight excluding hydrogens is 364 g/mol. The minimum absolute atomic E-state index is 0.0193. The number of likely N-dealkylation sites (tertiary alicyclic amines) is 1. The van der Waals surface area contributed by atoms with Gasteiger partial charge in [-0.05, 0) is 49.8 Å². The molecule has 152 valence electrons. The third-order valence-corrected chi connectivity index (χ3v) is 5.97. The number of amides is 1. The fraction of sp³-hybridized carbons (Fsp3) is 0.435. The van der Waals surface area contributed by atoms with Crippen LogP contribution in [-0.4, -0.2) is 50.6 Å². The molecule has 1 aliphatic rings. The van der Waals surface area contributed by atoms with E-state index in [0.717, 1.165) is 49.7 Å².